The summed E-state index contributed by atoms with van der Waals surface area (Å²) in [6.45, 7) is 3.69. The van der Waals surface area contributed by atoms with E-state index >= 15 is 0 Å². The van der Waals surface area contributed by atoms with Crippen LogP contribution in [-0.4, -0.2) is 31.4 Å². The maximum absolute atomic E-state index is 13.7. The van der Waals surface area contributed by atoms with E-state index in [-0.39, 0.29) is 17.7 Å². The Morgan fingerprint density at radius 2 is 1.91 bits per heavy atom. The average molecular weight is 543 g/mol. The highest BCUT2D eigenvalue weighted by Crippen LogP contribution is 2.37. The fraction of sp³-hybridized carbons (Fsp3) is 0.240. The summed E-state index contributed by atoms with van der Waals surface area (Å²) < 4.78 is 19.4. The summed E-state index contributed by atoms with van der Waals surface area (Å²) in [5.74, 6) is 0.566. The summed E-state index contributed by atoms with van der Waals surface area (Å²) in [6.07, 6.45) is 1.82. The van der Waals surface area contributed by atoms with Crippen LogP contribution in [0.3, 0.4) is 0 Å². The van der Waals surface area contributed by atoms with Crippen molar-refractivity contribution in [3.63, 3.8) is 0 Å². The van der Waals surface area contributed by atoms with Crippen LogP contribution in [0.15, 0.2) is 68.0 Å². The molecule has 0 aliphatic carbocycles. The minimum absolute atomic E-state index is 0.200. The number of halogens is 1. The smallest absolute Gasteiger partial charge is 0.338 e. The van der Waals surface area contributed by atoms with Crippen LogP contribution in [0.4, 0.5) is 0 Å². The van der Waals surface area contributed by atoms with Gasteiger partial charge in [-0.15, -0.1) is 0 Å². The maximum atomic E-state index is 13.7. The van der Waals surface area contributed by atoms with Crippen molar-refractivity contribution in [3.8, 4) is 11.5 Å². The lowest BCUT2D eigenvalue weighted by molar-refractivity contribution is -0.139. The lowest BCUT2D eigenvalue weighted by Crippen LogP contribution is -2.40. The molecule has 0 spiro atoms. The number of esters is 1. The first-order valence-electron chi connectivity index (χ1n) is 10.5. The molecule has 1 aromatic heterocycles. The highest BCUT2D eigenvalue weighted by atomic mass is 79.9. The Hall–Kier alpha value is -3.17. The second kappa shape index (κ2) is 9.99. The van der Waals surface area contributed by atoms with Crippen molar-refractivity contribution in [2.24, 2.45) is 4.99 Å². The van der Waals surface area contributed by atoms with Crippen molar-refractivity contribution in [2.75, 3.05) is 20.8 Å². The SMILES string of the molecule is CCOC(=O)C1=C(C)N=c2s/c(=C/c3ccc(Br)cc3)c(=O)n2[C@H]1c1cc(OC)ccc1OC. The van der Waals surface area contributed by atoms with Crippen LogP contribution in [-0.2, 0) is 9.53 Å². The van der Waals surface area contributed by atoms with Gasteiger partial charge in [0.25, 0.3) is 5.56 Å². The number of rotatable bonds is 6. The maximum Gasteiger partial charge on any atom is 0.338 e. The lowest BCUT2D eigenvalue weighted by Gasteiger charge is -2.26. The van der Waals surface area contributed by atoms with Crippen molar-refractivity contribution >= 4 is 39.3 Å². The molecule has 0 fully saturated rings. The summed E-state index contributed by atoms with van der Waals surface area (Å²) in [5, 5.41) is 0. The van der Waals surface area contributed by atoms with E-state index in [1.54, 1.807) is 46.3 Å². The molecular weight excluding hydrogens is 520 g/mol. The zero-order chi connectivity index (χ0) is 24.4. The first-order valence-corrected chi connectivity index (χ1v) is 12.2. The van der Waals surface area contributed by atoms with Crippen LogP contribution in [0.25, 0.3) is 6.08 Å². The second-order valence-electron chi connectivity index (χ2n) is 7.46. The Labute approximate surface area is 208 Å². The molecular formula is C25H23BrN2O5S. The van der Waals surface area contributed by atoms with Gasteiger partial charge < -0.3 is 14.2 Å². The third-order valence-corrected chi connectivity index (χ3v) is 6.93. The fourth-order valence-electron chi connectivity index (χ4n) is 3.85. The number of hydrogen-bond acceptors (Lipinski definition) is 7. The van der Waals surface area contributed by atoms with Crippen molar-refractivity contribution in [1.29, 1.82) is 0 Å². The predicted octanol–water partition coefficient (Wildman–Crippen LogP) is 3.58. The zero-order valence-corrected chi connectivity index (χ0v) is 21.5. The molecule has 0 saturated heterocycles. The largest absolute Gasteiger partial charge is 0.497 e. The molecule has 1 aliphatic heterocycles. The zero-order valence-electron chi connectivity index (χ0n) is 19.1. The van der Waals surface area contributed by atoms with Gasteiger partial charge in [-0.1, -0.05) is 39.4 Å². The van der Waals surface area contributed by atoms with E-state index in [2.05, 4.69) is 20.9 Å². The van der Waals surface area contributed by atoms with Gasteiger partial charge >= 0.3 is 5.97 Å². The number of aromatic nitrogens is 1. The monoisotopic (exact) mass is 542 g/mol. The number of allylic oxidation sites excluding steroid dienone is 1. The number of thiazole rings is 1. The Morgan fingerprint density at radius 3 is 2.56 bits per heavy atom. The highest BCUT2D eigenvalue weighted by molar-refractivity contribution is 9.10. The van der Waals surface area contributed by atoms with Gasteiger partial charge in [-0.2, -0.15) is 0 Å². The summed E-state index contributed by atoms with van der Waals surface area (Å²) in [4.78, 5) is 31.8. The van der Waals surface area contributed by atoms with Crippen LogP contribution in [0.2, 0.25) is 0 Å². The van der Waals surface area contributed by atoms with Gasteiger partial charge in [-0.05, 0) is 55.8 Å². The van der Waals surface area contributed by atoms with Gasteiger partial charge in [-0.25, -0.2) is 9.79 Å². The summed E-state index contributed by atoms with van der Waals surface area (Å²) in [7, 11) is 3.10. The van der Waals surface area contributed by atoms with Crippen LogP contribution >= 0.6 is 27.3 Å². The molecule has 0 radical (unpaired) electrons. The number of carbonyl (C=O) groups excluding carboxylic acids is 1. The van der Waals surface area contributed by atoms with Crippen LogP contribution in [0.1, 0.15) is 31.0 Å². The molecule has 3 aromatic rings. The van der Waals surface area contributed by atoms with Gasteiger partial charge in [0, 0.05) is 10.0 Å². The lowest BCUT2D eigenvalue weighted by atomic mass is 9.94. The first-order chi connectivity index (χ1) is 16.4. The third kappa shape index (κ3) is 4.45. The molecule has 176 valence electrons. The number of ether oxygens (including phenoxy) is 3. The Bertz CT molecular complexity index is 1450. The minimum Gasteiger partial charge on any atom is -0.497 e. The molecule has 0 bridgehead atoms. The van der Waals surface area contributed by atoms with Gasteiger partial charge in [0.1, 0.15) is 17.5 Å². The first kappa shape index (κ1) is 24.0. The van der Waals surface area contributed by atoms with Crippen molar-refractivity contribution < 1.29 is 19.0 Å². The summed E-state index contributed by atoms with van der Waals surface area (Å²) in [6, 6.07) is 12.2. The Morgan fingerprint density at radius 1 is 1.18 bits per heavy atom. The van der Waals surface area contributed by atoms with Crippen molar-refractivity contribution in [3.05, 3.63) is 89.0 Å². The van der Waals surface area contributed by atoms with Crippen molar-refractivity contribution in [2.45, 2.75) is 19.9 Å². The number of benzene rings is 2. The Kier molecular flexibility index (Phi) is 7.04. The summed E-state index contributed by atoms with van der Waals surface area (Å²) >= 11 is 4.70. The topological polar surface area (TPSA) is 79.1 Å². The van der Waals surface area contributed by atoms with Crippen LogP contribution in [0.5, 0.6) is 11.5 Å². The molecule has 2 aromatic carbocycles. The van der Waals surface area contributed by atoms with Crippen LogP contribution in [0, 0.1) is 0 Å². The van der Waals surface area contributed by atoms with Gasteiger partial charge in [-0.3, -0.25) is 9.36 Å². The van der Waals surface area contributed by atoms with Crippen LogP contribution < -0.4 is 24.4 Å². The molecule has 7 nitrogen and oxygen atoms in total. The molecule has 0 unspecified atom stereocenters. The number of fused-ring (bicyclic) bond motifs is 1. The molecule has 0 N–H and O–H groups in total. The molecule has 2 heterocycles. The normalized spacial score (nSPS) is 15.6. The van der Waals surface area contributed by atoms with Gasteiger partial charge in [0.2, 0.25) is 0 Å². The quantitative estimate of drug-likeness (QED) is 0.445. The fourth-order valence-corrected chi connectivity index (χ4v) is 5.16. The van der Waals surface area contributed by atoms with E-state index in [4.69, 9.17) is 14.2 Å². The molecule has 0 amide bonds. The van der Waals surface area contributed by atoms with E-state index < -0.39 is 12.0 Å². The van der Waals surface area contributed by atoms with E-state index in [1.165, 1.54) is 15.9 Å². The molecule has 9 heteroatoms. The number of hydrogen-bond donors (Lipinski definition) is 0. The molecule has 34 heavy (non-hydrogen) atoms. The number of carbonyl (C=O) groups is 1. The van der Waals surface area contributed by atoms with E-state index in [0.29, 0.717) is 32.1 Å². The van der Waals surface area contributed by atoms with E-state index in [0.717, 1.165) is 10.0 Å². The molecule has 1 atom stereocenters. The summed E-state index contributed by atoms with van der Waals surface area (Å²) in [5.41, 5.74) is 2.01. The Balaban J connectivity index is 2.01. The third-order valence-electron chi connectivity index (χ3n) is 5.42. The molecule has 1 aliphatic rings. The minimum atomic E-state index is -0.785. The number of nitrogens with zero attached hydrogens (tertiary/aromatic N) is 2. The molecule has 4 rings (SSSR count). The molecule has 0 saturated carbocycles. The predicted molar refractivity (Wildman–Crippen MR) is 134 cm³/mol. The van der Waals surface area contributed by atoms with Gasteiger partial charge in [0.15, 0.2) is 4.80 Å². The van der Waals surface area contributed by atoms with Gasteiger partial charge in [0.05, 0.1) is 36.6 Å². The van der Waals surface area contributed by atoms with E-state index in [9.17, 15) is 9.59 Å². The second-order valence-corrected chi connectivity index (χ2v) is 9.39. The van der Waals surface area contributed by atoms with Crippen molar-refractivity contribution in [1.82, 2.24) is 4.57 Å². The average Bonchev–Trinajstić information content (AvgIpc) is 3.13. The standard InChI is InChI=1S/C25H23BrN2O5S/c1-5-33-24(30)21-14(2)27-25-28(22(21)18-13-17(31-3)10-11-19(18)32-4)23(29)20(34-25)12-15-6-8-16(26)9-7-15/h6-13,22H,5H2,1-4H3/b20-12+/t22-/m0/s1. The number of methoxy groups -OCH3 is 2. The van der Waals surface area contributed by atoms with E-state index in [1.807, 2.05) is 30.3 Å². The highest BCUT2D eigenvalue weighted by Gasteiger charge is 2.35.